The zero-order valence-electron chi connectivity index (χ0n) is 15.6. The Kier molecular flexibility index (Phi) is 4.77. The van der Waals surface area contributed by atoms with E-state index in [9.17, 15) is 4.79 Å². The Morgan fingerprint density at radius 1 is 0.933 bits per heavy atom. The van der Waals surface area contributed by atoms with Crippen LogP contribution >= 0.6 is 35.0 Å². The molecular formula is C22H13Cl2N3O2S. The number of amides is 1. The molecule has 8 heteroatoms. The van der Waals surface area contributed by atoms with Gasteiger partial charge in [-0.3, -0.25) is 4.79 Å². The predicted molar refractivity (Wildman–Crippen MR) is 118 cm³/mol. The molecule has 1 aliphatic rings. The van der Waals surface area contributed by atoms with Crippen LogP contribution in [0.15, 0.2) is 75.0 Å². The van der Waals surface area contributed by atoms with Gasteiger partial charge in [0, 0.05) is 28.0 Å². The molecule has 2 heterocycles. The van der Waals surface area contributed by atoms with Crippen molar-refractivity contribution in [3.8, 4) is 22.8 Å². The number of benzene rings is 3. The van der Waals surface area contributed by atoms with E-state index in [0.29, 0.717) is 32.9 Å². The fraction of sp³-hybridized carbons (Fsp3) is 0.0455. The summed E-state index contributed by atoms with van der Waals surface area (Å²) in [6.45, 7) is 0. The third-order valence-electron chi connectivity index (χ3n) is 4.81. The highest BCUT2D eigenvalue weighted by atomic mass is 35.5. The predicted octanol–water partition coefficient (Wildman–Crippen LogP) is 6.45. The van der Waals surface area contributed by atoms with E-state index in [1.54, 1.807) is 41.9 Å². The van der Waals surface area contributed by atoms with Crippen LogP contribution in [-0.2, 0) is 0 Å². The fourth-order valence-corrected chi connectivity index (χ4v) is 4.68. The summed E-state index contributed by atoms with van der Waals surface area (Å²) in [6.07, 6.45) is 0. The van der Waals surface area contributed by atoms with Gasteiger partial charge in [0.2, 0.25) is 5.82 Å². The molecule has 0 bridgehead atoms. The summed E-state index contributed by atoms with van der Waals surface area (Å²) in [5, 5.41) is 4.99. The van der Waals surface area contributed by atoms with Gasteiger partial charge in [-0.15, -0.1) is 0 Å². The number of hydrogen-bond acceptors (Lipinski definition) is 5. The number of halogens is 2. The van der Waals surface area contributed by atoms with E-state index in [-0.39, 0.29) is 5.91 Å². The van der Waals surface area contributed by atoms with Gasteiger partial charge >= 0.3 is 0 Å². The second-order valence-corrected chi connectivity index (χ2v) is 8.60. The Hall–Kier alpha value is -2.80. The van der Waals surface area contributed by atoms with Crippen molar-refractivity contribution in [1.82, 2.24) is 10.1 Å². The van der Waals surface area contributed by atoms with Crippen LogP contribution in [0.4, 0.5) is 5.69 Å². The SMILES string of the molecule is CN1C(=O)c2ccccc2Sc2cc(-c3noc(-c4ccc(Cl)c(Cl)c4)n3)ccc21. The average Bonchev–Trinajstić information content (AvgIpc) is 3.22. The van der Waals surface area contributed by atoms with Gasteiger partial charge in [0.15, 0.2) is 0 Å². The first-order chi connectivity index (χ1) is 14.5. The van der Waals surface area contributed by atoms with Crippen molar-refractivity contribution in [2.24, 2.45) is 0 Å². The summed E-state index contributed by atoms with van der Waals surface area (Å²) in [5.74, 6) is 0.765. The summed E-state index contributed by atoms with van der Waals surface area (Å²) in [7, 11) is 1.78. The number of fused-ring (bicyclic) bond motifs is 2. The monoisotopic (exact) mass is 453 g/mol. The summed E-state index contributed by atoms with van der Waals surface area (Å²) < 4.78 is 5.43. The average molecular weight is 454 g/mol. The van der Waals surface area contributed by atoms with Crippen LogP contribution in [0.1, 0.15) is 10.4 Å². The van der Waals surface area contributed by atoms with Crippen molar-refractivity contribution >= 4 is 46.6 Å². The third-order valence-corrected chi connectivity index (χ3v) is 6.68. The Morgan fingerprint density at radius 3 is 2.57 bits per heavy atom. The van der Waals surface area contributed by atoms with E-state index in [1.807, 2.05) is 42.5 Å². The largest absolute Gasteiger partial charge is 0.334 e. The molecule has 5 rings (SSSR count). The molecule has 0 radical (unpaired) electrons. The molecule has 148 valence electrons. The van der Waals surface area contributed by atoms with E-state index in [4.69, 9.17) is 27.7 Å². The van der Waals surface area contributed by atoms with E-state index < -0.39 is 0 Å². The van der Waals surface area contributed by atoms with Crippen LogP contribution in [0.3, 0.4) is 0 Å². The van der Waals surface area contributed by atoms with Gasteiger partial charge in [-0.1, -0.05) is 52.3 Å². The lowest BCUT2D eigenvalue weighted by Gasteiger charge is -2.17. The second kappa shape index (κ2) is 7.47. The Morgan fingerprint density at radius 2 is 1.73 bits per heavy atom. The minimum absolute atomic E-state index is 0.0361. The van der Waals surface area contributed by atoms with Gasteiger partial charge < -0.3 is 9.42 Å². The molecule has 0 atom stereocenters. The van der Waals surface area contributed by atoms with E-state index in [1.165, 1.54) is 0 Å². The quantitative estimate of drug-likeness (QED) is 0.348. The number of rotatable bonds is 2. The van der Waals surface area contributed by atoms with Gasteiger partial charge in [0.05, 0.1) is 21.3 Å². The minimum Gasteiger partial charge on any atom is -0.334 e. The highest BCUT2D eigenvalue weighted by molar-refractivity contribution is 7.99. The van der Waals surface area contributed by atoms with Crippen molar-refractivity contribution in [3.05, 3.63) is 76.3 Å². The van der Waals surface area contributed by atoms with Crippen molar-refractivity contribution < 1.29 is 9.32 Å². The van der Waals surface area contributed by atoms with Crippen molar-refractivity contribution in [1.29, 1.82) is 0 Å². The number of carbonyl (C=O) groups excluding carboxylic acids is 1. The lowest BCUT2D eigenvalue weighted by molar-refractivity contribution is 0.0990. The highest BCUT2D eigenvalue weighted by Gasteiger charge is 2.25. The maximum absolute atomic E-state index is 12.8. The smallest absolute Gasteiger partial charge is 0.259 e. The molecule has 0 spiro atoms. The van der Waals surface area contributed by atoms with E-state index in [0.717, 1.165) is 21.0 Å². The zero-order chi connectivity index (χ0) is 20.8. The van der Waals surface area contributed by atoms with Crippen molar-refractivity contribution in [3.63, 3.8) is 0 Å². The van der Waals surface area contributed by atoms with Crippen LogP contribution in [0.2, 0.25) is 10.0 Å². The molecule has 1 aliphatic heterocycles. The first-order valence-corrected chi connectivity index (χ1v) is 10.6. The highest BCUT2D eigenvalue weighted by Crippen LogP contribution is 2.42. The zero-order valence-corrected chi connectivity index (χ0v) is 17.9. The Labute approximate surface area is 186 Å². The first-order valence-electron chi connectivity index (χ1n) is 9.00. The number of nitrogens with zero attached hydrogens (tertiary/aromatic N) is 3. The second-order valence-electron chi connectivity index (χ2n) is 6.70. The Balaban J connectivity index is 1.54. The lowest BCUT2D eigenvalue weighted by atomic mass is 10.1. The number of hydrogen-bond donors (Lipinski definition) is 0. The van der Waals surface area contributed by atoms with Crippen molar-refractivity contribution in [2.75, 3.05) is 11.9 Å². The van der Waals surface area contributed by atoms with Crippen molar-refractivity contribution in [2.45, 2.75) is 9.79 Å². The lowest BCUT2D eigenvalue weighted by Crippen LogP contribution is -2.25. The molecule has 3 aromatic carbocycles. The molecule has 1 aromatic heterocycles. The molecular weight excluding hydrogens is 441 g/mol. The number of carbonyl (C=O) groups is 1. The first kappa shape index (κ1) is 19.2. The molecule has 30 heavy (non-hydrogen) atoms. The molecule has 0 unspecified atom stereocenters. The van der Waals surface area contributed by atoms with Crippen LogP contribution in [0.25, 0.3) is 22.8 Å². The summed E-state index contributed by atoms with van der Waals surface area (Å²) >= 11 is 13.6. The normalized spacial score (nSPS) is 13.0. The topological polar surface area (TPSA) is 59.2 Å². The molecule has 0 saturated heterocycles. The maximum Gasteiger partial charge on any atom is 0.259 e. The van der Waals surface area contributed by atoms with Crippen LogP contribution in [-0.4, -0.2) is 23.1 Å². The number of aromatic nitrogens is 2. The standard InChI is InChI=1S/C22H13Cl2N3O2S/c1-27-17-9-7-12(11-19(17)30-18-5-3-2-4-14(18)22(27)28)20-25-21(29-26-20)13-6-8-15(23)16(24)10-13/h2-11H,1H3. The summed E-state index contributed by atoms with van der Waals surface area (Å²) in [5.41, 5.74) is 2.99. The molecule has 0 N–H and O–H groups in total. The molecule has 4 aromatic rings. The van der Waals surface area contributed by atoms with Gasteiger partial charge in [-0.05, 0) is 48.5 Å². The van der Waals surface area contributed by atoms with E-state index in [2.05, 4.69) is 10.1 Å². The molecule has 0 saturated carbocycles. The summed E-state index contributed by atoms with van der Waals surface area (Å²) in [4.78, 5) is 20.8. The fourth-order valence-electron chi connectivity index (χ4n) is 3.24. The van der Waals surface area contributed by atoms with E-state index >= 15 is 0 Å². The van der Waals surface area contributed by atoms with Gasteiger partial charge in [0.25, 0.3) is 11.8 Å². The summed E-state index contributed by atoms with van der Waals surface area (Å²) in [6, 6.07) is 18.5. The van der Waals surface area contributed by atoms with Gasteiger partial charge in [-0.25, -0.2) is 0 Å². The number of anilines is 1. The molecule has 0 aliphatic carbocycles. The molecule has 1 amide bonds. The third kappa shape index (κ3) is 3.27. The Bertz CT molecular complexity index is 1310. The maximum atomic E-state index is 12.8. The van der Waals surface area contributed by atoms with Crippen LogP contribution < -0.4 is 4.90 Å². The van der Waals surface area contributed by atoms with Crippen LogP contribution in [0.5, 0.6) is 0 Å². The molecule has 0 fully saturated rings. The minimum atomic E-state index is -0.0361. The van der Waals surface area contributed by atoms with Crippen LogP contribution in [0, 0.1) is 0 Å². The van der Waals surface area contributed by atoms with Gasteiger partial charge in [-0.2, -0.15) is 4.98 Å². The molecule has 5 nitrogen and oxygen atoms in total. The van der Waals surface area contributed by atoms with Gasteiger partial charge in [0.1, 0.15) is 0 Å².